The number of nitrogens with one attached hydrogen (secondary N) is 1. The van der Waals surface area contributed by atoms with Crippen molar-refractivity contribution in [2.75, 3.05) is 18.6 Å². The molecule has 0 amide bonds. The summed E-state index contributed by atoms with van der Waals surface area (Å²) in [5, 5.41) is 0. The first kappa shape index (κ1) is 16.9. The number of hydrogen-bond acceptors (Lipinski definition) is 5. The molecule has 1 aliphatic carbocycles. The fourth-order valence-electron chi connectivity index (χ4n) is 2.96. The van der Waals surface area contributed by atoms with Crippen molar-refractivity contribution < 1.29 is 13.2 Å². The molecule has 0 aromatic heterocycles. The summed E-state index contributed by atoms with van der Waals surface area (Å²) in [6.07, 6.45) is 5.87. The number of sulfone groups is 1. The van der Waals surface area contributed by atoms with Crippen molar-refractivity contribution in [3.63, 3.8) is 0 Å². The van der Waals surface area contributed by atoms with Gasteiger partial charge in [-0.25, -0.2) is 8.42 Å². The van der Waals surface area contributed by atoms with E-state index in [4.69, 9.17) is 10.6 Å². The molecule has 0 heterocycles. The van der Waals surface area contributed by atoms with Gasteiger partial charge in [0.1, 0.15) is 9.84 Å². The van der Waals surface area contributed by atoms with Gasteiger partial charge in [0, 0.05) is 12.9 Å². The molecule has 6 heteroatoms. The van der Waals surface area contributed by atoms with Crippen LogP contribution in [0.2, 0.25) is 0 Å². The zero-order chi connectivity index (χ0) is 14.5. The van der Waals surface area contributed by atoms with Gasteiger partial charge in [0.05, 0.1) is 17.4 Å². The molecule has 0 spiro atoms. The predicted octanol–water partition coefficient (Wildman–Crippen LogP) is 1.24. The maximum Gasteiger partial charge on any atom is 0.147 e. The SMILES string of the molecule is CCOC1(C(CCS(C)(=O)=O)NN)CCC(C)CC1. The molecule has 3 N–H and O–H groups in total. The van der Waals surface area contributed by atoms with Gasteiger partial charge in [0.2, 0.25) is 0 Å². The van der Waals surface area contributed by atoms with E-state index in [9.17, 15) is 8.42 Å². The molecule has 1 aliphatic rings. The predicted molar refractivity (Wildman–Crippen MR) is 77.4 cm³/mol. The lowest BCUT2D eigenvalue weighted by molar-refractivity contribution is -0.0967. The summed E-state index contributed by atoms with van der Waals surface area (Å²) in [7, 11) is -2.97. The number of ether oxygens (including phenoxy) is 1. The van der Waals surface area contributed by atoms with Crippen molar-refractivity contribution in [1.82, 2.24) is 5.43 Å². The lowest BCUT2D eigenvalue weighted by Gasteiger charge is -2.44. The van der Waals surface area contributed by atoms with Crippen LogP contribution in [0.3, 0.4) is 0 Å². The Balaban J connectivity index is 2.76. The summed E-state index contributed by atoms with van der Waals surface area (Å²) in [6, 6.07) is -0.102. The van der Waals surface area contributed by atoms with Crippen LogP contribution in [0.5, 0.6) is 0 Å². The molecular formula is C13H28N2O3S. The smallest absolute Gasteiger partial charge is 0.147 e. The van der Waals surface area contributed by atoms with Crippen molar-refractivity contribution in [1.29, 1.82) is 0 Å². The highest BCUT2D eigenvalue weighted by molar-refractivity contribution is 7.90. The van der Waals surface area contributed by atoms with Gasteiger partial charge < -0.3 is 4.74 Å². The van der Waals surface area contributed by atoms with Crippen molar-refractivity contribution in [3.8, 4) is 0 Å². The van der Waals surface area contributed by atoms with Gasteiger partial charge in [-0.15, -0.1) is 0 Å². The van der Waals surface area contributed by atoms with Crippen LogP contribution in [-0.4, -0.2) is 38.7 Å². The highest BCUT2D eigenvalue weighted by atomic mass is 32.2. The molecular weight excluding hydrogens is 264 g/mol. The molecule has 114 valence electrons. The largest absolute Gasteiger partial charge is 0.374 e. The minimum atomic E-state index is -2.97. The first-order chi connectivity index (χ1) is 8.83. The molecule has 0 bridgehead atoms. The zero-order valence-corrected chi connectivity index (χ0v) is 13.1. The molecule has 19 heavy (non-hydrogen) atoms. The summed E-state index contributed by atoms with van der Waals surface area (Å²) >= 11 is 0. The third-order valence-corrected chi connectivity index (χ3v) is 5.14. The van der Waals surface area contributed by atoms with Crippen LogP contribution < -0.4 is 11.3 Å². The summed E-state index contributed by atoms with van der Waals surface area (Å²) in [5.41, 5.74) is 2.49. The van der Waals surface area contributed by atoms with Crippen LogP contribution in [-0.2, 0) is 14.6 Å². The lowest BCUT2D eigenvalue weighted by Crippen LogP contribution is -2.57. The molecule has 0 saturated heterocycles. The van der Waals surface area contributed by atoms with Gasteiger partial charge in [0.25, 0.3) is 0 Å². The Bertz CT molecular complexity index is 362. The Hall–Kier alpha value is -0.170. The molecule has 0 aliphatic heterocycles. The first-order valence-corrected chi connectivity index (χ1v) is 9.17. The molecule has 5 nitrogen and oxygen atoms in total. The van der Waals surface area contributed by atoms with Crippen LogP contribution in [0, 0.1) is 5.92 Å². The van der Waals surface area contributed by atoms with Crippen molar-refractivity contribution in [2.24, 2.45) is 11.8 Å². The fraction of sp³-hybridized carbons (Fsp3) is 1.00. The summed E-state index contributed by atoms with van der Waals surface area (Å²) < 4.78 is 28.7. The van der Waals surface area contributed by atoms with E-state index in [1.165, 1.54) is 6.26 Å². The zero-order valence-electron chi connectivity index (χ0n) is 12.3. The fourth-order valence-corrected chi connectivity index (χ4v) is 3.63. The van der Waals surface area contributed by atoms with Crippen molar-refractivity contribution in [3.05, 3.63) is 0 Å². The molecule has 1 fully saturated rings. The summed E-state index contributed by atoms with van der Waals surface area (Å²) in [6.45, 7) is 4.85. The topological polar surface area (TPSA) is 81.4 Å². The van der Waals surface area contributed by atoms with Gasteiger partial charge in [0.15, 0.2) is 0 Å². The second-order valence-electron chi connectivity index (χ2n) is 5.82. The molecule has 1 rings (SSSR count). The first-order valence-electron chi connectivity index (χ1n) is 7.11. The Labute approximate surface area is 117 Å². The highest BCUT2D eigenvalue weighted by Gasteiger charge is 2.41. The molecule has 0 radical (unpaired) electrons. The van der Waals surface area contributed by atoms with Crippen LogP contribution in [0.15, 0.2) is 0 Å². The molecule has 0 aromatic rings. The Kier molecular flexibility index (Phi) is 6.23. The van der Waals surface area contributed by atoms with Gasteiger partial charge >= 0.3 is 0 Å². The van der Waals surface area contributed by atoms with Crippen LogP contribution in [0.1, 0.15) is 46.0 Å². The molecule has 1 atom stereocenters. The van der Waals surface area contributed by atoms with Gasteiger partial charge in [-0.05, 0) is 44.9 Å². The van der Waals surface area contributed by atoms with Crippen molar-refractivity contribution >= 4 is 9.84 Å². The third-order valence-electron chi connectivity index (χ3n) is 4.17. The Morgan fingerprint density at radius 2 is 2.00 bits per heavy atom. The second-order valence-corrected chi connectivity index (χ2v) is 8.08. The van der Waals surface area contributed by atoms with Gasteiger partial charge in [-0.1, -0.05) is 6.92 Å². The number of hydrazine groups is 1. The Morgan fingerprint density at radius 3 is 2.42 bits per heavy atom. The monoisotopic (exact) mass is 292 g/mol. The van der Waals surface area contributed by atoms with Crippen LogP contribution in [0.25, 0.3) is 0 Å². The second kappa shape index (κ2) is 7.02. The van der Waals surface area contributed by atoms with E-state index in [0.29, 0.717) is 18.9 Å². The highest BCUT2D eigenvalue weighted by Crippen LogP contribution is 2.38. The maximum atomic E-state index is 11.3. The third kappa shape index (κ3) is 5.02. The summed E-state index contributed by atoms with van der Waals surface area (Å²) in [5.74, 6) is 6.51. The van der Waals surface area contributed by atoms with Crippen LogP contribution in [0.4, 0.5) is 0 Å². The maximum absolute atomic E-state index is 11.3. The number of nitrogens with two attached hydrogens (primary N) is 1. The number of hydrogen-bond donors (Lipinski definition) is 2. The van der Waals surface area contributed by atoms with E-state index in [-0.39, 0.29) is 17.4 Å². The normalized spacial score (nSPS) is 30.2. The van der Waals surface area contributed by atoms with Gasteiger partial charge in [-0.3, -0.25) is 11.3 Å². The standard InChI is InChI=1S/C13H28N2O3S/c1-4-18-13(8-5-11(2)6-9-13)12(15-14)7-10-19(3,16)17/h11-12,15H,4-10,14H2,1-3H3. The van der Waals surface area contributed by atoms with E-state index in [0.717, 1.165) is 25.7 Å². The average molecular weight is 292 g/mol. The minimum absolute atomic E-state index is 0.102. The van der Waals surface area contributed by atoms with Crippen molar-refractivity contribution in [2.45, 2.75) is 57.6 Å². The van der Waals surface area contributed by atoms with E-state index >= 15 is 0 Å². The average Bonchev–Trinajstić information content (AvgIpc) is 2.32. The molecule has 1 saturated carbocycles. The van der Waals surface area contributed by atoms with E-state index in [1.807, 2.05) is 6.92 Å². The summed E-state index contributed by atoms with van der Waals surface area (Å²) in [4.78, 5) is 0. The lowest BCUT2D eigenvalue weighted by atomic mass is 9.74. The van der Waals surface area contributed by atoms with E-state index in [1.54, 1.807) is 0 Å². The van der Waals surface area contributed by atoms with Crippen LogP contribution >= 0.6 is 0 Å². The van der Waals surface area contributed by atoms with E-state index in [2.05, 4.69) is 12.3 Å². The minimum Gasteiger partial charge on any atom is -0.374 e. The number of rotatable bonds is 7. The van der Waals surface area contributed by atoms with E-state index < -0.39 is 9.84 Å². The molecule has 1 unspecified atom stereocenters. The Morgan fingerprint density at radius 1 is 1.42 bits per heavy atom. The quantitative estimate of drug-likeness (QED) is 0.545. The molecule has 0 aromatic carbocycles. The van der Waals surface area contributed by atoms with Gasteiger partial charge in [-0.2, -0.15) is 0 Å².